The summed E-state index contributed by atoms with van der Waals surface area (Å²) in [6, 6.07) is 8.32. The molecule has 0 aliphatic rings. The van der Waals surface area contributed by atoms with Crippen LogP contribution >= 0.6 is 0 Å². The second kappa shape index (κ2) is 4.70. The summed E-state index contributed by atoms with van der Waals surface area (Å²) in [5.41, 5.74) is 2.36. The lowest BCUT2D eigenvalue weighted by Gasteiger charge is -2.05. The molecule has 15 heavy (non-hydrogen) atoms. The zero-order valence-corrected chi connectivity index (χ0v) is 8.72. The Balaban J connectivity index is 2.19. The lowest BCUT2D eigenvalue weighted by atomic mass is 10.2. The third kappa shape index (κ3) is 2.41. The average molecular weight is 202 g/mol. The van der Waals surface area contributed by atoms with Gasteiger partial charge in [-0.25, -0.2) is 0 Å². The summed E-state index contributed by atoms with van der Waals surface area (Å²) in [6.45, 7) is 3.98. The molecule has 2 aromatic rings. The van der Waals surface area contributed by atoms with E-state index in [1.54, 1.807) is 12.7 Å². The number of nitrogens with zero attached hydrogens (tertiary/aromatic N) is 3. The molecule has 0 saturated carbocycles. The van der Waals surface area contributed by atoms with Gasteiger partial charge in [0.2, 0.25) is 0 Å². The van der Waals surface area contributed by atoms with Crippen molar-refractivity contribution in [3.05, 3.63) is 42.5 Å². The van der Waals surface area contributed by atoms with Gasteiger partial charge in [0.25, 0.3) is 0 Å². The predicted octanol–water partition coefficient (Wildman–Crippen LogP) is 1.38. The lowest BCUT2D eigenvalue weighted by molar-refractivity contribution is 0.726. The Hall–Kier alpha value is -1.68. The molecule has 4 heteroatoms. The van der Waals surface area contributed by atoms with Gasteiger partial charge in [0.05, 0.1) is 0 Å². The Bertz CT molecular complexity index is 408. The van der Waals surface area contributed by atoms with Crippen LogP contribution < -0.4 is 5.32 Å². The first-order chi connectivity index (χ1) is 7.40. The van der Waals surface area contributed by atoms with Gasteiger partial charge in [-0.15, -0.1) is 10.2 Å². The van der Waals surface area contributed by atoms with E-state index >= 15 is 0 Å². The van der Waals surface area contributed by atoms with Gasteiger partial charge >= 0.3 is 0 Å². The lowest BCUT2D eigenvalue weighted by Crippen LogP contribution is -2.11. The zero-order chi connectivity index (χ0) is 10.5. The highest BCUT2D eigenvalue weighted by molar-refractivity contribution is 5.35. The van der Waals surface area contributed by atoms with Gasteiger partial charge < -0.3 is 5.32 Å². The Morgan fingerprint density at radius 1 is 1.27 bits per heavy atom. The van der Waals surface area contributed by atoms with Crippen LogP contribution in [0.5, 0.6) is 0 Å². The van der Waals surface area contributed by atoms with E-state index in [9.17, 15) is 0 Å². The molecule has 1 N–H and O–H groups in total. The van der Waals surface area contributed by atoms with Crippen molar-refractivity contribution in [1.29, 1.82) is 0 Å². The van der Waals surface area contributed by atoms with E-state index in [2.05, 4.69) is 34.6 Å². The Morgan fingerprint density at radius 3 is 2.80 bits per heavy atom. The minimum Gasteiger partial charge on any atom is -0.313 e. The molecule has 1 heterocycles. The summed E-state index contributed by atoms with van der Waals surface area (Å²) < 4.78 is 1.90. The molecule has 1 aromatic heterocycles. The van der Waals surface area contributed by atoms with Gasteiger partial charge in [-0.2, -0.15) is 0 Å². The van der Waals surface area contributed by atoms with Gasteiger partial charge in [0, 0.05) is 12.2 Å². The maximum absolute atomic E-state index is 3.79. The van der Waals surface area contributed by atoms with Crippen molar-refractivity contribution in [1.82, 2.24) is 20.1 Å². The van der Waals surface area contributed by atoms with Gasteiger partial charge in [-0.3, -0.25) is 4.57 Å². The van der Waals surface area contributed by atoms with E-state index < -0.39 is 0 Å². The molecule has 78 valence electrons. The largest absolute Gasteiger partial charge is 0.313 e. The topological polar surface area (TPSA) is 42.7 Å². The van der Waals surface area contributed by atoms with Gasteiger partial charge in [0.15, 0.2) is 0 Å². The Labute approximate surface area is 89.0 Å². The molecule has 0 aliphatic carbocycles. The van der Waals surface area contributed by atoms with Crippen molar-refractivity contribution in [2.24, 2.45) is 0 Å². The van der Waals surface area contributed by atoms with Crippen LogP contribution in [0.2, 0.25) is 0 Å². The molecular formula is C11H14N4. The van der Waals surface area contributed by atoms with Crippen LogP contribution in [-0.2, 0) is 6.54 Å². The molecule has 0 unspecified atom stereocenters. The fourth-order valence-corrected chi connectivity index (χ4v) is 1.43. The molecular weight excluding hydrogens is 188 g/mol. The van der Waals surface area contributed by atoms with Crippen LogP contribution in [0, 0.1) is 0 Å². The second-order valence-corrected chi connectivity index (χ2v) is 3.32. The molecule has 0 spiro atoms. The third-order valence-corrected chi connectivity index (χ3v) is 2.21. The van der Waals surface area contributed by atoms with Crippen LogP contribution in [0.3, 0.4) is 0 Å². The van der Waals surface area contributed by atoms with Gasteiger partial charge in [-0.1, -0.05) is 19.1 Å². The molecule has 1 aromatic carbocycles. The number of hydrogen-bond acceptors (Lipinski definition) is 3. The van der Waals surface area contributed by atoms with E-state index in [4.69, 9.17) is 0 Å². The highest BCUT2D eigenvalue weighted by Gasteiger charge is 1.97. The van der Waals surface area contributed by atoms with E-state index in [1.165, 1.54) is 5.56 Å². The average Bonchev–Trinajstić information content (AvgIpc) is 2.80. The summed E-state index contributed by atoms with van der Waals surface area (Å²) in [7, 11) is 0. The maximum atomic E-state index is 3.79. The van der Waals surface area contributed by atoms with Crippen molar-refractivity contribution < 1.29 is 0 Å². The van der Waals surface area contributed by atoms with Crippen LogP contribution in [-0.4, -0.2) is 21.3 Å². The predicted molar refractivity (Wildman–Crippen MR) is 58.7 cm³/mol. The standard InChI is InChI=1S/C11H14N4/c1-2-12-7-10-4-3-5-11(6-10)15-8-13-14-9-15/h3-6,8-9,12H,2,7H2,1H3. The fraction of sp³-hybridized carbons (Fsp3) is 0.273. The van der Waals surface area contributed by atoms with Crippen molar-refractivity contribution in [3.8, 4) is 5.69 Å². The van der Waals surface area contributed by atoms with Crippen LogP contribution in [0.4, 0.5) is 0 Å². The quantitative estimate of drug-likeness (QED) is 0.814. The van der Waals surface area contributed by atoms with Crippen molar-refractivity contribution in [3.63, 3.8) is 0 Å². The maximum Gasteiger partial charge on any atom is 0.123 e. The highest BCUT2D eigenvalue weighted by atomic mass is 15.2. The first kappa shape index (κ1) is 9.86. The molecule has 0 radical (unpaired) electrons. The van der Waals surface area contributed by atoms with E-state index in [0.717, 1.165) is 18.8 Å². The van der Waals surface area contributed by atoms with Crippen molar-refractivity contribution >= 4 is 0 Å². The molecule has 2 rings (SSSR count). The monoisotopic (exact) mass is 202 g/mol. The van der Waals surface area contributed by atoms with Crippen LogP contribution in [0.15, 0.2) is 36.9 Å². The van der Waals surface area contributed by atoms with E-state index in [1.807, 2.05) is 16.7 Å². The number of nitrogens with one attached hydrogen (secondary N) is 1. The number of hydrogen-bond donors (Lipinski definition) is 1. The second-order valence-electron chi connectivity index (χ2n) is 3.32. The van der Waals surface area contributed by atoms with Crippen molar-refractivity contribution in [2.75, 3.05) is 6.54 Å². The summed E-state index contributed by atoms with van der Waals surface area (Å²) >= 11 is 0. The number of aromatic nitrogens is 3. The smallest absolute Gasteiger partial charge is 0.123 e. The normalized spacial score (nSPS) is 10.5. The van der Waals surface area contributed by atoms with Crippen LogP contribution in [0.1, 0.15) is 12.5 Å². The first-order valence-electron chi connectivity index (χ1n) is 5.05. The first-order valence-corrected chi connectivity index (χ1v) is 5.05. The van der Waals surface area contributed by atoms with Gasteiger partial charge in [0.1, 0.15) is 12.7 Å². The summed E-state index contributed by atoms with van der Waals surface area (Å²) in [6.07, 6.45) is 3.40. The summed E-state index contributed by atoms with van der Waals surface area (Å²) in [4.78, 5) is 0. The Morgan fingerprint density at radius 2 is 2.07 bits per heavy atom. The minimum absolute atomic E-state index is 0.895. The molecule has 0 saturated heterocycles. The van der Waals surface area contributed by atoms with Crippen LogP contribution in [0.25, 0.3) is 5.69 Å². The molecule has 0 atom stereocenters. The van der Waals surface area contributed by atoms with E-state index in [0.29, 0.717) is 0 Å². The summed E-state index contributed by atoms with van der Waals surface area (Å²) in [5, 5.41) is 10.9. The molecule has 0 bridgehead atoms. The number of benzene rings is 1. The van der Waals surface area contributed by atoms with E-state index in [-0.39, 0.29) is 0 Å². The Kier molecular flexibility index (Phi) is 3.09. The zero-order valence-electron chi connectivity index (χ0n) is 8.72. The van der Waals surface area contributed by atoms with Crippen molar-refractivity contribution in [2.45, 2.75) is 13.5 Å². The molecule has 4 nitrogen and oxygen atoms in total. The van der Waals surface area contributed by atoms with Gasteiger partial charge in [-0.05, 0) is 24.2 Å². The number of rotatable bonds is 4. The third-order valence-electron chi connectivity index (χ3n) is 2.21. The molecule has 0 fully saturated rings. The molecule has 0 aliphatic heterocycles. The molecule has 0 amide bonds. The fourth-order valence-electron chi connectivity index (χ4n) is 1.43. The highest BCUT2D eigenvalue weighted by Crippen LogP contribution is 2.09. The SMILES string of the molecule is CCNCc1cccc(-n2cnnc2)c1. The minimum atomic E-state index is 0.895. The summed E-state index contributed by atoms with van der Waals surface area (Å²) in [5.74, 6) is 0.